The van der Waals surface area contributed by atoms with Gasteiger partial charge in [-0.05, 0) is 36.4 Å². The van der Waals surface area contributed by atoms with Gasteiger partial charge < -0.3 is 19.2 Å². The highest BCUT2D eigenvalue weighted by Gasteiger charge is 2.36. The summed E-state index contributed by atoms with van der Waals surface area (Å²) in [6, 6.07) is 7.94. The molecule has 1 heterocycles. The molecule has 190 valence electrons. The van der Waals surface area contributed by atoms with Crippen LogP contribution in [0, 0.1) is 28.8 Å². The molecule has 0 radical (unpaired) electrons. The molecule has 0 spiro atoms. The summed E-state index contributed by atoms with van der Waals surface area (Å²) in [6.45, 7) is 0. The molecule has 0 unspecified atom stereocenters. The molecule has 0 atom stereocenters. The average molecular weight is 520 g/mol. The number of alkyl halides is 3. The quantitative estimate of drug-likeness (QED) is 0.312. The van der Waals surface area contributed by atoms with Gasteiger partial charge in [-0.2, -0.15) is 22.8 Å². The van der Waals surface area contributed by atoms with E-state index in [2.05, 4.69) is 4.98 Å². The molecule has 0 aliphatic carbocycles. The van der Waals surface area contributed by atoms with Crippen molar-refractivity contribution in [3.8, 4) is 40.3 Å². The van der Waals surface area contributed by atoms with Crippen molar-refractivity contribution >= 4 is 10.9 Å². The predicted octanol–water partition coefficient (Wildman–Crippen LogP) is 6.31. The van der Waals surface area contributed by atoms with E-state index in [9.17, 15) is 36.4 Å². The molecular formula is C25H14F6N2O4. The van der Waals surface area contributed by atoms with E-state index in [1.807, 2.05) is 6.07 Å². The van der Waals surface area contributed by atoms with E-state index in [-0.39, 0.29) is 33.5 Å². The standard InChI is InChI=1S/C25H14F6N2O4/c1-35-19-6-4-16-22(12(19)10-32)18(34)9-17(33-16)11-7-15(27)13(25(29,30)31)8-21(11)37-20-5-3-14(26)23(28)24(20)36-2/h3-9H,1-2H3,(H,33,34). The Labute approximate surface area is 204 Å². The summed E-state index contributed by atoms with van der Waals surface area (Å²) in [5.74, 6) is -6.24. The van der Waals surface area contributed by atoms with Crippen LogP contribution >= 0.6 is 0 Å². The molecule has 3 aromatic carbocycles. The Morgan fingerprint density at radius 1 is 0.892 bits per heavy atom. The minimum Gasteiger partial charge on any atom is -0.495 e. The van der Waals surface area contributed by atoms with Gasteiger partial charge in [-0.15, -0.1) is 0 Å². The summed E-state index contributed by atoms with van der Waals surface area (Å²) in [7, 11) is 2.28. The van der Waals surface area contributed by atoms with Crippen molar-refractivity contribution in [2.24, 2.45) is 0 Å². The zero-order valence-corrected chi connectivity index (χ0v) is 18.9. The van der Waals surface area contributed by atoms with Crippen molar-refractivity contribution in [2.75, 3.05) is 14.2 Å². The molecule has 0 aliphatic heterocycles. The number of hydrogen-bond acceptors (Lipinski definition) is 5. The number of aromatic amines is 1. The summed E-state index contributed by atoms with van der Waals surface area (Å²) in [6.07, 6.45) is -5.13. The zero-order valence-electron chi connectivity index (χ0n) is 18.9. The van der Waals surface area contributed by atoms with E-state index in [0.29, 0.717) is 18.2 Å². The van der Waals surface area contributed by atoms with Gasteiger partial charge in [0.1, 0.15) is 28.9 Å². The molecule has 12 heteroatoms. The molecule has 1 N–H and O–H groups in total. The number of nitrogens with one attached hydrogen (secondary N) is 1. The van der Waals surface area contributed by atoms with E-state index in [4.69, 9.17) is 14.2 Å². The van der Waals surface area contributed by atoms with Gasteiger partial charge in [0.25, 0.3) is 0 Å². The number of ether oxygens (including phenoxy) is 3. The Balaban J connectivity index is 1.99. The van der Waals surface area contributed by atoms with Crippen LogP contribution in [0.1, 0.15) is 11.1 Å². The van der Waals surface area contributed by atoms with Crippen molar-refractivity contribution in [1.82, 2.24) is 4.98 Å². The minimum atomic E-state index is -5.13. The fourth-order valence-electron chi connectivity index (χ4n) is 3.72. The van der Waals surface area contributed by atoms with Gasteiger partial charge in [-0.3, -0.25) is 4.79 Å². The van der Waals surface area contributed by atoms with Crippen LogP contribution in [-0.4, -0.2) is 19.2 Å². The second-order valence-corrected chi connectivity index (χ2v) is 7.55. The van der Waals surface area contributed by atoms with Gasteiger partial charge in [-0.1, -0.05) is 0 Å². The number of nitrogens with zero attached hydrogens (tertiary/aromatic N) is 1. The van der Waals surface area contributed by atoms with Crippen LogP contribution in [0.2, 0.25) is 0 Å². The van der Waals surface area contributed by atoms with Crippen LogP contribution < -0.4 is 19.6 Å². The smallest absolute Gasteiger partial charge is 0.419 e. The first-order valence-electron chi connectivity index (χ1n) is 10.2. The maximum Gasteiger partial charge on any atom is 0.419 e. The lowest BCUT2D eigenvalue weighted by Crippen LogP contribution is -2.10. The highest BCUT2D eigenvalue weighted by Crippen LogP contribution is 2.43. The first kappa shape index (κ1) is 25.4. The number of pyridine rings is 1. The molecule has 4 rings (SSSR count). The molecule has 1 aromatic heterocycles. The van der Waals surface area contributed by atoms with Crippen LogP contribution in [0.3, 0.4) is 0 Å². The largest absolute Gasteiger partial charge is 0.495 e. The third-order valence-corrected chi connectivity index (χ3v) is 5.39. The fourth-order valence-corrected chi connectivity index (χ4v) is 3.72. The van der Waals surface area contributed by atoms with E-state index in [1.54, 1.807) is 0 Å². The lowest BCUT2D eigenvalue weighted by Gasteiger charge is -2.17. The molecular weight excluding hydrogens is 506 g/mol. The van der Waals surface area contributed by atoms with Gasteiger partial charge in [0.15, 0.2) is 17.0 Å². The van der Waals surface area contributed by atoms with Crippen molar-refractivity contribution in [1.29, 1.82) is 5.26 Å². The van der Waals surface area contributed by atoms with Gasteiger partial charge in [0.05, 0.1) is 36.4 Å². The molecule has 37 heavy (non-hydrogen) atoms. The molecule has 0 aliphatic rings. The van der Waals surface area contributed by atoms with Gasteiger partial charge in [0.2, 0.25) is 11.6 Å². The number of benzene rings is 3. The Bertz CT molecular complexity index is 1640. The maximum atomic E-state index is 14.6. The van der Waals surface area contributed by atoms with Gasteiger partial charge in [-0.25, -0.2) is 8.78 Å². The number of fused-ring (bicyclic) bond motifs is 1. The van der Waals surface area contributed by atoms with Crippen LogP contribution in [0.15, 0.2) is 47.3 Å². The average Bonchev–Trinajstić information content (AvgIpc) is 2.85. The lowest BCUT2D eigenvalue weighted by atomic mass is 10.0. The van der Waals surface area contributed by atoms with E-state index >= 15 is 0 Å². The van der Waals surface area contributed by atoms with Crippen molar-refractivity contribution in [3.63, 3.8) is 0 Å². The molecule has 0 amide bonds. The number of hydrogen-bond donors (Lipinski definition) is 1. The third kappa shape index (κ3) is 4.51. The topological polar surface area (TPSA) is 84.3 Å². The van der Waals surface area contributed by atoms with Crippen molar-refractivity contribution in [3.05, 3.63) is 81.3 Å². The minimum absolute atomic E-state index is 0.0669. The Morgan fingerprint density at radius 2 is 1.59 bits per heavy atom. The van der Waals surface area contributed by atoms with Crippen molar-refractivity contribution in [2.45, 2.75) is 6.18 Å². The number of rotatable bonds is 5. The number of nitriles is 1. The van der Waals surface area contributed by atoms with Crippen molar-refractivity contribution < 1.29 is 40.6 Å². The zero-order chi connectivity index (χ0) is 27.1. The second kappa shape index (κ2) is 9.42. The molecule has 0 saturated heterocycles. The Kier molecular flexibility index (Phi) is 6.48. The molecule has 0 bridgehead atoms. The van der Waals surface area contributed by atoms with Gasteiger partial charge >= 0.3 is 6.18 Å². The summed E-state index contributed by atoms with van der Waals surface area (Å²) in [5, 5.41) is 9.41. The fraction of sp³-hybridized carbons (Fsp3) is 0.120. The summed E-state index contributed by atoms with van der Waals surface area (Å²) < 4.78 is 98.1. The monoisotopic (exact) mass is 520 g/mol. The van der Waals surface area contributed by atoms with Crippen LogP contribution in [-0.2, 0) is 6.18 Å². The number of halogens is 6. The third-order valence-electron chi connectivity index (χ3n) is 5.39. The van der Waals surface area contributed by atoms with E-state index < -0.39 is 51.9 Å². The SMILES string of the molecule is COc1ccc2[nH]c(-c3cc(F)c(C(F)(F)F)cc3Oc3ccc(F)c(F)c3OC)cc(=O)c2c1C#N. The van der Waals surface area contributed by atoms with Crippen LogP contribution in [0.25, 0.3) is 22.2 Å². The molecule has 4 aromatic rings. The predicted molar refractivity (Wildman–Crippen MR) is 119 cm³/mol. The normalized spacial score (nSPS) is 11.3. The first-order chi connectivity index (χ1) is 17.5. The summed E-state index contributed by atoms with van der Waals surface area (Å²) in [4.78, 5) is 15.7. The van der Waals surface area contributed by atoms with Crippen LogP contribution in [0.4, 0.5) is 26.3 Å². The molecule has 0 fully saturated rings. The Morgan fingerprint density at radius 3 is 2.22 bits per heavy atom. The first-order valence-corrected chi connectivity index (χ1v) is 10.2. The number of aromatic nitrogens is 1. The summed E-state index contributed by atoms with van der Waals surface area (Å²) >= 11 is 0. The van der Waals surface area contributed by atoms with E-state index in [0.717, 1.165) is 19.2 Å². The summed E-state index contributed by atoms with van der Waals surface area (Å²) in [5.41, 5.74) is -2.96. The number of methoxy groups -OCH3 is 2. The number of H-pyrrole nitrogens is 1. The second-order valence-electron chi connectivity index (χ2n) is 7.55. The van der Waals surface area contributed by atoms with Crippen LogP contribution in [0.5, 0.6) is 23.0 Å². The maximum absolute atomic E-state index is 14.6. The highest BCUT2D eigenvalue weighted by molar-refractivity contribution is 5.89. The van der Waals surface area contributed by atoms with Gasteiger partial charge in [0, 0.05) is 11.6 Å². The lowest BCUT2D eigenvalue weighted by molar-refractivity contribution is -0.140. The Hall–Kier alpha value is -4.66. The molecule has 6 nitrogen and oxygen atoms in total. The highest BCUT2D eigenvalue weighted by atomic mass is 19.4. The van der Waals surface area contributed by atoms with E-state index in [1.165, 1.54) is 19.2 Å². The molecule has 0 saturated carbocycles.